The molecule has 2 nitrogen and oxygen atoms in total. The highest BCUT2D eigenvalue weighted by Gasteiger charge is 2.41. The van der Waals surface area contributed by atoms with Gasteiger partial charge in [-0.3, -0.25) is 0 Å². The number of alkyl halides is 2. The fraction of sp³-hybridized carbons (Fsp3) is 0.174. The number of rotatable bonds is 4. The fourth-order valence-electron chi connectivity index (χ4n) is 2.68. The van der Waals surface area contributed by atoms with Crippen LogP contribution in [0.3, 0.4) is 0 Å². The summed E-state index contributed by atoms with van der Waals surface area (Å²) in [6, 6.07) is 9.79. The summed E-state index contributed by atoms with van der Waals surface area (Å²) < 4.78 is 88.8. The Morgan fingerprint density at radius 2 is 1.26 bits per heavy atom. The first-order valence-electron chi connectivity index (χ1n) is 9.15. The van der Waals surface area contributed by atoms with E-state index in [2.05, 4.69) is 4.74 Å². The van der Waals surface area contributed by atoms with E-state index in [1.165, 1.54) is 6.07 Å². The van der Waals surface area contributed by atoms with E-state index in [4.69, 9.17) is 5.26 Å². The van der Waals surface area contributed by atoms with E-state index >= 15 is 0 Å². The number of ether oxygens (including phenoxy) is 1. The standard InChI is InChI=1S/C21H11F6NO.C2H6/c1-11-2-4-12(5-3-11)13-6-18(24)20(19(25)7-13)21(26,27)29-14-8-16(22)15(10-28)17(23)9-14;1-2/h2-9H,1H3;1-2H3. The Balaban J connectivity index is 0.00000166. The second-order valence-electron chi connectivity index (χ2n) is 6.17. The van der Waals surface area contributed by atoms with E-state index in [0.717, 1.165) is 5.56 Å². The molecule has 0 radical (unpaired) electrons. The summed E-state index contributed by atoms with van der Waals surface area (Å²) in [5, 5.41) is 8.59. The van der Waals surface area contributed by atoms with Gasteiger partial charge in [-0.15, -0.1) is 0 Å². The molecule has 31 heavy (non-hydrogen) atoms. The molecule has 0 heterocycles. The first-order valence-corrected chi connectivity index (χ1v) is 9.15. The van der Waals surface area contributed by atoms with Crippen LogP contribution in [0.15, 0.2) is 48.5 Å². The molecule has 0 aliphatic rings. The van der Waals surface area contributed by atoms with Gasteiger partial charge in [0.05, 0.1) is 0 Å². The van der Waals surface area contributed by atoms with Crippen molar-refractivity contribution in [2.45, 2.75) is 26.9 Å². The summed E-state index contributed by atoms with van der Waals surface area (Å²) in [4.78, 5) is 0. The van der Waals surface area contributed by atoms with Crippen LogP contribution in [-0.2, 0) is 6.11 Å². The smallest absolute Gasteiger partial charge is 0.429 e. The molecule has 0 bridgehead atoms. The molecule has 0 amide bonds. The largest absolute Gasteiger partial charge is 0.432 e. The highest BCUT2D eigenvalue weighted by atomic mass is 19.3. The van der Waals surface area contributed by atoms with E-state index in [9.17, 15) is 26.3 Å². The summed E-state index contributed by atoms with van der Waals surface area (Å²) in [5.74, 6) is -7.13. The topological polar surface area (TPSA) is 33.0 Å². The Kier molecular flexibility index (Phi) is 7.34. The number of halogens is 6. The van der Waals surface area contributed by atoms with E-state index in [1.807, 2.05) is 13.8 Å². The van der Waals surface area contributed by atoms with Crippen molar-refractivity contribution in [3.05, 3.63) is 88.5 Å². The van der Waals surface area contributed by atoms with Crippen molar-refractivity contribution in [2.75, 3.05) is 0 Å². The van der Waals surface area contributed by atoms with Crippen LogP contribution in [0.1, 0.15) is 30.5 Å². The van der Waals surface area contributed by atoms with Crippen LogP contribution in [0, 0.1) is 41.5 Å². The molecule has 0 fully saturated rings. The number of benzene rings is 3. The molecule has 3 aromatic rings. The van der Waals surface area contributed by atoms with Gasteiger partial charge >= 0.3 is 6.11 Å². The van der Waals surface area contributed by atoms with Gasteiger partial charge in [0.25, 0.3) is 0 Å². The summed E-state index contributed by atoms with van der Waals surface area (Å²) >= 11 is 0. The van der Waals surface area contributed by atoms with Gasteiger partial charge in [-0.1, -0.05) is 43.7 Å². The van der Waals surface area contributed by atoms with Crippen molar-refractivity contribution in [3.8, 4) is 22.9 Å². The maximum atomic E-state index is 14.4. The molecule has 0 aliphatic carbocycles. The van der Waals surface area contributed by atoms with Crippen molar-refractivity contribution in [1.82, 2.24) is 0 Å². The fourth-order valence-corrected chi connectivity index (χ4v) is 2.68. The molecule has 0 spiro atoms. The van der Waals surface area contributed by atoms with Gasteiger partial charge in [-0.2, -0.15) is 14.0 Å². The van der Waals surface area contributed by atoms with Crippen LogP contribution >= 0.6 is 0 Å². The van der Waals surface area contributed by atoms with Crippen LogP contribution in [0.5, 0.6) is 5.75 Å². The van der Waals surface area contributed by atoms with E-state index in [1.54, 1.807) is 31.2 Å². The minimum Gasteiger partial charge on any atom is -0.429 e. The molecular weight excluding hydrogens is 420 g/mol. The van der Waals surface area contributed by atoms with Crippen molar-refractivity contribution in [1.29, 1.82) is 5.26 Å². The van der Waals surface area contributed by atoms with E-state index in [-0.39, 0.29) is 5.56 Å². The molecule has 0 aliphatic heterocycles. The van der Waals surface area contributed by atoms with Crippen LogP contribution < -0.4 is 4.74 Å². The van der Waals surface area contributed by atoms with Crippen molar-refractivity contribution < 1.29 is 31.1 Å². The number of nitrogens with zero attached hydrogens (tertiary/aromatic N) is 1. The van der Waals surface area contributed by atoms with Gasteiger partial charge in [0.1, 0.15) is 46.2 Å². The zero-order chi connectivity index (χ0) is 23.3. The Bertz CT molecular complexity index is 1070. The van der Waals surface area contributed by atoms with Crippen molar-refractivity contribution in [2.24, 2.45) is 0 Å². The van der Waals surface area contributed by atoms with Gasteiger partial charge < -0.3 is 4.74 Å². The molecule has 3 rings (SSSR count). The van der Waals surface area contributed by atoms with Crippen LogP contribution in [0.2, 0.25) is 0 Å². The summed E-state index contributed by atoms with van der Waals surface area (Å²) in [6.45, 7) is 5.81. The highest BCUT2D eigenvalue weighted by Crippen LogP contribution is 2.37. The third kappa shape index (κ3) is 5.18. The maximum absolute atomic E-state index is 14.4. The maximum Gasteiger partial charge on any atom is 0.432 e. The van der Waals surface area contributed by atoms with Gasteiger partial charge in [0, 0.05) is 12.1 Å². The highest BCUT2D eigenvalue weighted by molar-refractivity contribution is 5.64. The number of hydrogen-bond donors (Lipinski definition) is 0. The molecule has 0 aromatic heterocycles. The first kappa shape index (κ1) is 23.8. The minimum atomic E-state index is -4.58. The molecule has 0 unspecified atom stereocenters. The molecule has 8 heteroatoms. The number of aryl methyl sites for hydroxylation is 1. The lowest BCUT2D eigenvalue weighted by molar-refractivity contribution is -0.189. The first-order chi connectivity index (χ1) is 14.6. The lowest BCUT2D eigenvalue weighted by Crippen LogP contribution is -2.25. The quantitative estimate of drug-likeness (QED) is 0.403. The summed E-state index contributed by atoms with van der Waals surface area (Å²) in [6.07, 6.45) is -4.58. The average molecular weight is 437 g/mol. The summed E-state index contributed by atoms with van der Waals surface area (Å²) in [7, 11) is 0. The van der Waals surface area contributed by atoms with Crippen LogP contribution in [-0.4, -0.2) is 0 Å². The minimum absolute atomic E-state index is 0.0232. The second kappa shape index (κ2) is 9.56. The Hall–Kier alpha value is -3.47. The lowest BCUT2D eigenvalue weighted by atomic mass is 10.0. The predicted molar refractivity (Wildman–Crippen MR) is 103 cm³/mol. The Morgan fingerprint density at radius 3 is 1.71 bits per heavy atom. The van der Waals surface area contributed by atoms with Crippen LogP contribution in [0.4, 0.5) is 26.3 Å². The molecule has 3 aromatic carbocycles. The third-order valence-corrected chi connectivity index (χ3v) is 4.09. The van der Waals surface area contributed by atoms with Gasteiger partial charge in [-0.25, -0.2) is 17.6 Å². The molecule has 162 valence electrons. The zero-order valence-corrected chi connectivity index (χ0v) is 16.7. The SMILES string of the molecule is CC.Cc1ccc(-c2cc(F)c(C(F)(F)Oc3cc(F)c(C#N)c(F)c3)c(F)c2)cc1. The van der Waals surface area contributed by atoms with Gasteiger partial charge in [0.2, 0.25) is 0 Å². The van der Waals surface area contributed by atoms with Crippen molar-refractivity contribution in [3.63, 3.8) is 0 Å². The zero-order valence-electron chi connectivity index (χ0n) is 16.7. The normalized spacial score (nSPS) is 10.7. The van der Waals surface area contributed by atoms with Gasteiger partial charge in [0.15, 0.2) is 0 Å². The van der Waals surface area contributed by atoms with Gasteiger partial charge in [-0.05, 0) is 30.2 Å². The van der Waals surface area contributed by atoms with E-state index in [0.29, 0.717) is 29.8 Å². The Labute approximate surface area is 175 Å². The second-order valence-corrected chi connectivity index (χ2v) is 6.17. The predicted octanol–water partition coefficient (Wildman–Crippen LogP) is 7.24. The monoisotopic (exact) mass is 437 g/mol. The Morgan fingerprint density at radius 1 is 0.774 bits per heavy atom. The molecule has 0 saturated carbocycles. The molecular formula is C23H17F6NO. The number of hydrogen-bond acceptors (Lipinski definition) is 2. The molecule has 0 N–H and O–H groups in total. The third-order valence-electron chi connectivity index (χ3n) is 4.09. The van der Waals surface area contributed by atoms with E-state index < -0.39 is 46.3 Å². The average Bonchev–Trinajstić information content (AvgIpc) is 2.68. The summed E-state index contributed by atoms with van der Waals surface area (Å²) in [5.41, 5.74) is -1.39. The van der Waals surface area contributed by atoms with Crippen LogP contribution in [0.25, 0.3) is 11.1 Å². The molecule has 0 atom stereocenters. The molecule has 0 saturated heterocycles. The van der Waals surface area contributed by atoms with Crippen molar-refractivity contribution >= 4 is 0 Å². The number of nitriles is 1. The lowest BCUT2D eigenvalue weighted by Gasteiger charge is -2.20.